The Bertz CT molecular complexity index is 1100. The maximum Gasteiger partial charge on any atom is 0.261 e. The van der Waals surface area contributed by atoms with Crippen LogP contribution in [0.25, 0.3) is 0 Å². The molecule has 0 aromatic heterocycles. The standard InChI is InChI=1S/C26H27N3O3S/c1-2-17-27-24(30)20-12-6-8-14-22(20)28-26(33)29-25(31)21-13-7-9-15-23(21)32-18-16-19-10-4-3-5-11-19/h3-15H,2,16-18H2,1H3,(H,27,30)(H2,28,29,31,33). The number of carbonyl (C=O) groups excluding carboxylic acids is 2. The van der Waals surface area contributed by atoms with Gasteiger partial charge < -0.3 is 15.4 Å². The molecule has 0 fully saturated rings. The molecular weight excluding hydrogens is 434 g/mol. The second kappa shape index (κ2) is 12.4. The van der Waals surface area contributed by atoms with Gasteiger partial charge in [-0.05, 0) is 48.5 Å². The highest BCUT2D eigenvalue weighted by atomic mass is 32.1. The number of nitrogens with one attached hydrogen (secondary N) is 3. The van der Waals surface area contributed by atoms with Crippen molar-refractivity contribution in [3.8, 4) is 5.75 Å². The molecule has 0 atom stereocenters. The van der Waals surface area contributed by atoms with Crippen LogP contribution in [0, 0.1) is 0 Å². The summed E-state index contributed by atoms with van der Waals surface area (Å²) in [6.45, 7) is 3.00. The molecule has 0 radical (unpaired) electrons. The Morgan fingerprint density at radius 3 is 2.27 bits per heavy atom. The molecule has 3 aromatic carbocycles. The van der Waals surface area contributed by atoms with E-state index in [0.717, 1.165) is 18.4 Å². The average molecular weight is 462 g/mol. The zero-order valence-corrected chi connectivity index (χ0v) is 19.3. The predicted molar refractivity (Wildman–Crippen MR) is 135 cm³/mol. The molecule has 6 nitrogen and oxygen atoms in total. The average Bonchev–Trinajstić information content (AvgIpc) is 2.83. The van der Waals surface area contributed by atoms with Crippen LogP contribution >= 0.6 is 12.2 Å². The topological polar surface area (TPSA) is 79.5 Å². The molecular formula is C26H27N3O3S. The number of benzene rings is 3. The number of amides is 2. The molecule has 3 N–H and O–H groups in total. The van der Waals surface area contributed by atoms with Crippen molar-refractivity contribution in [3.05, 3.63) is 95.6 Å². The second-order valence-electron chi connectivity index (χ2n) is 7.29. The van der Waals surface area contributed by atoms with Crippen LogP contribution in [0.5, 0.6) is 5.75 Å². The molecule has 0 aliphatic carbocycles. The maximum absolute atomic E-state index is 12.9. The zero-order valence-electron chi connectivity index (χ0n) is 18.5. The lowest BCUT2D eigenvalue weighted by atomic mass is 10.1. The molecule has 33 heavy (non-hydrogen) atoms. The molecule has 2 amide bonds. The molecule has 0 heterocycles. The quantitative estimate of drug-likeness (QED) is 0.407. The van der Waals surface area contributed by atoms with Crippen molar-refractivity contribution in [3.63, 3.8) is 0 Å². The van der Waals surface area contributed by atoms with E-state index in [1.54, 1.807) is 42.5 Å². The number of thiocarbonyl (C=S) groups is 1. The van der Waals surface area contributed by atoms with Crippen molar-refractivity contribution in [1.82, 2.24) is 10.6 Å². The van der Waals surface area contributed by atoms with Gasteiger partial charge in [0.2, 0.25) is 0 Å². The van der Waals surface area contributed by atoms with Crippen LogP contribution in [0.3, 0.4) is 0 Å². The van der Waals surface area contributed by atoms with Gasteiger partial charge in [0.1, 0.15) is 5.75 Å². The Kier molecular flexibility index (Phi) is 8.97. The van der Waals surface area contributed by atoms with E-state index in [1.165, 1.54) is 0 Å². The first-order chi connectivity index (χ1) is 16.1. The minimum Gasteiger partial charge on any atom is -0.492 e. The third kappa shape index (κ3) is 7.15. The highest BCUT2D eigenvalue weighted by Crippen LogP contribution is 2.19. The molecule has 7 heteroatoms. The Balaban J connectivity index is 1.62. The van der Waals surface area contributed by atoms with Crippen LogP contribution in [-0.4, -0.2) is 30.1 Å². The van der Waals surface area contributed by atoms with Crippen molar-refractivity contribution in [1.29, 1.82) is 0 Å². The Morgan fingerprint density at radius 2 is 1.52 bits per heavy atom. The lowest BCUT2D eigenvalue weighted by Gasteiger charge is -2.15. The van der Waals surface area contributed by atoms with Gasteiger partial charge in [0.05, 0.1) is 23.4 Å². The summed E-state index contributed by atoms with van der Waals surface area (Å²) in [5.74, 6) is -0.116. The molecule has 0 saturated carbocycles. The number of ether oxygens (including phenoxy) is 1. The number of hydrogen-bond donors (Lipinski definition) is 3. The van der Waals surface area contributed by atoms with Crippen LogP contribution < -0.4 is 20.7 Å². The van der Waals surface area contributed by atoms with Crippen molar-refractivity contribution in [2.75, 3.05) is 18.5 Å². The maximum atomic E-state index is 12.9. The Labute approximate surface area is 199 Å². The Morgan fingerprint density at radius 1 is 0.848 bits per heavy atom. The van der Waals surface area contributed by atoms with Crippen LogP contribution in [0.4, 0.5) is 5.69 Å². The SMILES string of the molecule is CCCNC(=O)c1ccccc1NC(=S)NC(=O)c1ccccc1OCCc1ccccc1. The van der Waals surface area contributed by atoms with E-state index in [4.69, 9.17) is 17.0 Å². The summed E-state index contributed by atoms with van der Waals surface area (Å²) in [7, 11) is 0. The molecule has 0 aliphatic rings. The minimum atomic E-state index is -0.393. The van der Waals surface area contributed by atoms with Gasteiger partial charge in [-0.15, -0.1) is 0 Å². The number of para-hydroxylation sites is 2. The van der Waals surface area contributed by atoms with Gasteiger partial charge in [-0.2, -0.15) is 0 Å². The van der Waals surface area contributed by atoms with Crippen molar-refractivity contribution in [2.24, 2.45) is 0 Å². The molecule has 0 saturated heterocycles. The highest BCUT2D eigenvalue weighted by molar-refractivity contribution is 7.80. The highest BCUT2D eigenvalue weighted by Gasteiger charge is 2.16. The van der Waals surface area contributed by atoms with E-state index in [1.807, 2.05) is 43.3 Å². The summed E-state index contributed by atoms with van der Waals surface area (Å²) >= 11 is 5.32. The van der Waals surface area contributed by atoms with Crippen molar-refractivity contribution < 1.29 is 14.3 Å². The summed E-state index contributed by atoms with van der Waals surface area (Å²) in [6, 6.07) is 24.0. The van der Waals surface area contributed by atoms with Crippen LogP contribution in [0.1, 0.15) is 39.6 Å². The first kappa shape index (κ1) is 23.9. The first-order valence-corrected chi connectivity index (χ1v) is 11.2. The second-order valence-corrected chi connectivity index (χ2v) is 7.70. The number of anilines is 1. The van der Waals surface area contributed by atoms with Gasteiger partial charge in [0.15, 0.2) is 5.11 Å². The van der Waals surface area contributed by atoms with E-state index in [9.17, 15) is 9.59 Å². The fraction of sp³-hybridized carbons (Fsp3) is 0.192. The zero-order chi connectivity index (χ0) is 23.5. The Hall–Kier alpha value is -3.71. The van der Waals surface area contributed by atoms with Crippen LogP contribution in [0.15, 0.2) is 78.9 Å². The van der Waals surface area contributed by atoms with Gasteiger partial charge in [-0.1, -0.05) is 61.5 Å². The number of hydrogen-bond acceptors (Lipinski definition) is 4. The van der Waals surface area contributed by atoms with Gasteiger partial charge >= 0.3 is 0 Å². The molecule has 0 spiro atoms. The van der Waals surface area contributed by atoms with Crippen molar-refractivity contribution >= 4 is 34.8 Å². The summed E-state index contributed by atoms with van der Waals surface area (Å²) < 4.78 is 5.87. The fourth-order valence-corrected chi connectivity index (χ4v) is 3.35. The normalized spacial score (nSPS) is 10.2. The number of rotatable bonds is 9. The van der Waals surface area contributed by atoms with Gasteiger partial charge in [0, 0.05) is 13.0 Å². The summed E-state index contributed by atoms with van der Waals surface area (Å²) in [4.78, 5) is 25.3. The molecule has 0 aliphatic heterocycles. The predicted octanol–water partition coefficient (Wildman–Crippen LogP) is 4.57. The van der Waals surface area contributed by atoms with Crippen LogP contribution in [0.2, 0.25) is 0 Å². The first-order valence-electron chi connectivity index (χ1n) is 10.8. The lowest BCUT2D eigenvalue weighted by molar-refractivity contribution is 0.0952. The monoisotopic (exact) mass is 461 g/mol. The van der Waals surface area contributed by atoms with Gasteiger partial charge in [-0.25, -0.2) is 0 Å². The van der Waals surface area contributed by atoms with Gasteiger partial charge in [0.25, 0.3) is 11.8 Å². The molecule has 3 aromatic rings. The summed E-state index contributed by atoms with van der Waals surface area (Å²) in [6.07, 6.45) is 1.57. The van der Waals surface area contributed by atoms with E-state index < -0.39 is 5.91 Å². The van der Waals surface area contributed by atoms with Gasteiger partial charge in [-0.3, -0.25) is 14.9 Å². The van der Waals surface area contributed by atoms with E-state index in [2.05, 4.69) is 16.0 Å². The fourth-order valence-electron chi connectivity index (χ4n) is 3.15. The van der Waals surface area contributed by atoms with E-state index in [0.29, 0.717) is 35.7 Å². The molecule has 170 valence electrons. The smallest absolute Gasteiger partial charge is 0.261 e. The van der Waals surface area contributed by atoms with E-state index >= 15 is 0 Å². The van der Waals surface area contributed by atoms with Crippen molar-refractivity contribution in [2.45, 2.75) is 19.8 Å². The van der Waals surface area contributed by atoms with Crippen LogP contribution in [-0.2, 0) is 6.42 Å². The molecule has 0 unspecified atom stereocenters. The minimum absolute atomic E-state index is 0.0924. The largest absolute Gasteiger partial charge is 0.492 e. The molecule has 3 rings (SSSR count). The summed E-state index contributed by atoms with van der Waals surface area (Å²) in [5, 5.41) is 8.56. The summed E-state index contributed by atoms with van der Waals surface area (Å²) in [5.41, 5.74) is 2.51. The van der Waals surface area contributed by atoms with E-state index in [-0.39, 0.29) is 11.0 Å². The number of carbonyl (C=O) groups is 2. The third-order valence-corrected chi connectivity index (χ3v) is 5.01. The third-order valence-electron chi connectivity index (χ3n) is 4.81. The lowest BCUT2D eigenvalue weighted by Crippen LogP contribution is -2.35. The molecule has 0 bridgehead atoms.